The van der Waals surface area contributed by atoms with Crippen molar-refractivity contribution in [1.29, 1.82) is 0 Å². The van der Waals surface area contributed by atoms with Crippen LogP contribution in [0.1, 0.15) is 22.1 Å². The van der Waals surface area contributed by atoms with Gasteiger partial charge >= 0.3 is 0 Å². The number of imide groups is 1. The van der Waals surface area contributed by atoms with Crippen molar-refractivity contribution in [3.05, 3.63) is 30.3 Å². The number of piperidine rings is 1. The van der Waals surface area contributed by atoms with E-state index in [2.05, 4.69) is 15.4 Å². The lowest BCUT2D eigenvalue weighted by Crippen LogP contribution is -2.52. The van der Waals surface area contributed by atoms with Gasteiger partial charge < -0.3 is 5.32 Å². The van der Waals surface area contributed by atoms with Crippen molar-refractivity contribution in [3.63, 3.8) is 0 Å². The number of carbonyl (C=O) groups is 3. The second-order valence-electron chi connectivity index (χ2n) is 5.03. The second-order valence-corrected chi connectivity index (χ2v) is 6.80. The van der Waals surface area contributed by atoms with Crippen LogP contribution in [-0.4, -0.2) is 38.7 Å². The molecule has 1 aliphatic heterocycles. The average molecular weight is 343 g/mol. The second kappa shape index (κ2) is 7.34. The van der Waals surface area contributed by atoms with Gasteiger partial charge in [0.2, 0.25) is 27.7 Å². The molecule has 1 unspecified atom stereocenters. The Labute approximate surface area is 136 Å². The van der Waals surface area contributed by atoms with Gasteiger partial charge in [0.15, 0.2) is 0 Å². The average Bonchev–Trinajstić information content (AvgIpc) is 2.51. The third kappa shape index (κ3) is 4.86. The number of nitrogens with one attached hydrogen (secondary N) is 3. The first-order chi connectivity index (χ1) is 10.9. The van der Waals surface area contributed by atoms with E-state index < -0.39 is 27.9 Å². The predicted octanol–water partition coefficient (Wildman–Crippen LogP) is -0.232. The van der Waals surface area contributed by atoms with Gasteiger partial charge in [-0.25, -0.2) is 13.1 Å². The van der Waals surface area contributed by atoms with Gasteiger partial charge in [-0.05, 0) is 18.6 Å². The number of amides is 3. The number of rotatable bonds is 6. The van der Waals surface area contributed by atoms with Gasteiger partial charge in [0.25, 0.3) is 0 Å². The van der Waals surface area contributed by atoms with Crippen molar-refractivity contribution in [3.8, 4) is 0 Å². The summed E-state index contributed by atoms with van der Waals surface area (Å²) in [7, 11) is -3.66. The van der Waals surface area contributed by atoms with Crippen molar-refractivity contribution < 1.29 is 25.7 Å². The van der Waals surface area contributed by atoms with Crippen LogP contribution in [0, 0.1) is 0 Å². The first-order valence-corrected chi connectivity index (χ1v) is 8.54. The summed E-state index contributed by atoms with van der Waals surface area (Å²) < 4.78 is 26.2. The molecular weight excluding hydrogens is 322 g/mol. The highest BCUT2D eigenvalue weighted by molar-refractivity contribution is 7.89. The number of sulfonamides is 1. The van der Waals surface area contributed by atoms with Crippen LogP contribution in [0.4, 0.5) is 0 Å². The lowest BCUT2D eigenvalue weighted by Gasteiger charge is -2.21. The molecule has 0 aromatic heterocycles. The van der Waals surface area contributed by atoms with Gasteiger partial charge in [0.05, 0.1) is 4.90 Å². The fraction of sp³-hybridized carbons (Fsp3) is 0.357. The molecule has 1 heterocycles. The van der Waals surface area contributed by atoms with Gasteiger partial charge in [0, 0.05) is 22.2 Å². The molecule has 0 saturated carbocycles. The van der Waals surface area contributed by atoms with Crippen LogP contribution in [0.15, 0.2) is 35.2 Å². The SMILES string of the molecule is O=C1CCC(NC(=O)CCNS(=O)(=O)c2ccccc2)C(=O)N1.[HH].[HH]. The summed E-state index contributed by atoms with van der Waals surface area (Å²) in [5.74, 6) is -1.37. The zero-order valence-electron chi connectivity index (χ0n) is 12.2. The maximum absolute atomic E-state index is 11.9. The summed E-state index contributed by atoms with van der Waals surface area (Å²) in [5.41, 5.74) is 0. The monoisotopic (exact) mass is 343 g/mol. The lowest BCUT2D eigenvalue weighted by molar-refractivity contribution is -0.137. The Hall–Kier alpha value is -2.26. The van der Waals surface area contributed by atoms with Crippen LogP contribution in [0.2, 0.25) is 0 Å². The lowest BCUT2D eigenvalue weighted by atomic mass is 10.1. The summed E-state index contributed by atoms with van der Waals surface area (Å²) in [6, 6.07) is 7.05. The zero-order valence-corrected chi connectivity index (χ0v) is 13.1. The molecule has 9 heteroatoms. The number of hydrogen-bond donors (Lipinski definition) is 3. The first kappa shape index (κ1) is 17.1. The molecule has 1 atom stereocenters. The fourth-order valence-corrected chi connectivity index (χ4v) is 3.13. The zero-order chi connectivity index (χ0) is 16.9. The third-order valence-electron chi connectivity index (χ3n) is 3.27. The van der Waals surface area contributed by atoms with Gasteiger partial charge in [-0.1, -0.05) is 18.2 Å². The summed E-state index contributed by atoms with van der Waals surface area (Å²) in [4.78, 5) is 34.4. The minimum Gasteiger partial charge on any atom is -0.344 e. The van der Waals surface area contributed by atoms with Crippen LogP contribution in [0.25, 0.3) is 0 Å². The Balaban J connectivity index is 0.00000288. The molecule has 2 rings (SSSR count). The molecule has 1 fully saturated rings. The minimum atomic E-state index is -3.66. The van der Waals surface area contributed by atoms with E-state index in [-0.39, 0.29) is 39.5 Å². The Morgan fingerprint density at radius 1 is 1.26 bits per heavy atom. The molecule has 0 spiro atoms. The normalized spacial score (nSPS) is 18.3. The summed E-state index contributed by atoms with van der Waals surface area (Å²) in [6.07, 6.45) is 0.299. The van der Waals surface area contributed by atoms with Crippen molar-refractivity contribution in [1.82, 2.24) is 15.4 Å². The molecule has 1 aromatic carbocycles. The van der Waals surface area contributed by atoms with Gasteiger partial charge in [-0.2, -0.15) is 0 Å². The smallest absolute Gasteiger partial charge is 0.249 e. The molecule has 0 aliphatic carbocycles. The van der Waals surface area contributed by atoms with Gasteiger partial charge in [0.1, 0.15) is 6.04 Å². The van der Waals surface area contributed by atoms with Gasteiger partial charge in [-0.3, -0.25) is 19.7 Å². The number of benzene rings is 1. The van der Waals surface area contributed by atoms with E-state index >= 15 is 0 Å². The van der Waals surface area contributed by atoms with Crippen LogP contribution in [0.3, 0.4) is 0 Å². The van der Waals surface area contributed by atoms with Crippen molar-refractivity contribution in [2.24, 2.45) is 0 Å². The quantitative estimate of drug-likeness (QED) is 0.616. The van der Waals surface area contributed by atoms with E-state index in [1.54, 1.807) is 18.2 Å². The van der Waals surface area contributed by atoms with E-state index in [0.717, 1.165) is 0 Å². The van der Waals surface area contributed by atoms with Gasteiger partial charge in [-0.15, -0.1) is 0 Å². The molecule has 8 nitrogen and oxygen atoms in total. The predicted molar refractivity (Wildman–Crippen MR) is 84.8 cm³/mol. The first-order valence-electron chi connectivity index (χ1n) is 7.06. The topological polar surface area (TPSA) is 121 Å². The van der Waals surface area contributed by atoms with E-state index in [4.69, 9.17) is 0 Å². The number of carbonyl (C=O) groups excluding carboxylic acids is 3. The summed E-state index contributed by atoms with van der Waals surface area (Å²) in [5, 5.41) is 4.61. The van der Waals surface area contributed by atoms with Crippen LogP contribution in [-0.2, 0) is 24.4 Å². The molecule has 1 aromatic rings. The molecular formula is C14H21N3O5S. The third-order valence-corrected chi connectivity index (χ3v) is 4.75. The Morgan fingerprint density at radius 3 is 2.61 bits per heavy atom. The molecule has 1 saturated heterocycles. The highest BCUT2D eigenvalue weighted by atomic mass is 32.2. The maximum atomic E-state index is 11.9. The van der Waals surface area contributed by atoms with Crippen molar-refractivity contribution in [2.75, 3.05) is 6.54 Å². The Bertz CT molecular complexity index is 712. The number of hydrogen-bond acceptors (Lipinski definition) is 5. The standard InChI is InChI=1S/C14H17N3O5S.2H2/c18-12-7-6-11(14(20)17-12)16-13(19)8-9-15-23(21,22)10-4-2-1-3-5-10;;/h1-5,11,15H,6-9H2,(H,16,19)(H,17,18,20);2*1H. The molecule has 1 aliphatic rings. The van der Waals surface area contributed by atoms with E-state index in [1.807, 2.05) is 0 Å². The highest BCUT2D eigenvalue weighted by Gasteiger charge is 2.27. The molecule has 3 amide bonds. The fourth-order valence-electron chi connectivity index (χ4n) is 2.08. The Morgan fingerprint density at radius 2 is 1.96 bits per heavy atom. The minimum absolute atomic E-state index is 0. The molecule has 0 radical (unpaired) electrons. The summed E-state index contributed by atoms with van der Waals surface area (Å²) in [6.45, 7) is -0.0870. The van der Waals surface area contributed by atoms with Crippen LogP contribution >= 0.6 is 0 Å². The Kier molecular flexibility index (Phi) is 5.45. The van der Waals surface area contributed by atoms with Crippen LogP contribution < -0.4 is 15.4 Å². The van der Waals surface area contributed by atoms with E-state index in [9.17, 15) is 22.8 Å². The highest BCUT2D eigenvalue weighted by Crippen LogP contribution is 2.07. The van der Waals surface area contributed by atoms with Crippen molar-refractivity contribution >= 4 is 27.7 Å². The molecule has 128 valence electrons. The molecule has 3 N–H and O–H groups in total. The van der Waals surface area contributed by atoms with Crippen molar-refractivity contribution in [2.45, 2.75) is 30.2 Å². The van der Waals surface area contributed by atoms with E-state index in [1.165, 1.54) is 12.1 Å². The maximum Gasteiger partial charge on any atom is 0.249 e. The van der Waals surface area contributed by atoms with E-state index in [0.29, 0.717) is 0 Å². The molecule has 0 bridgehead atoms. The largest absolute Gasteiger partial charge is 0.344 e. The summed E-state index contributed by atoms with van der Waals surface area (Å²) >= 11 is 0. The van der Waals surface area contributed by atoms with Crippen LogP contribution in [0.5, 0.6) is 0 Å². The molecule has 23 heavy (non-hydrogen) atoms.